The molecule has 6 rings (SSSR count). The van der Waals surface area contributed by atoms with Gasteiger partial charge in [-0.1, -0.05) is 68.0 Å². The van der Waals surface area contributed by atoms with E-state index in [9.17, 15) is 9.59 Å². The molecule has 6 bridgehead atoms. The van der Waals surface area contributed by atoms with Gasteiger partial charge in [0.15, 0.2) is 0 Å². The van der Waals surface area contributed by atoms with Crippen molar-refractivity contribution in [2.75, 3.05) is 14.2 Å². The lowest BCUT2D eigenvalue weighted by Gasteiger charge is -2.65. The number of ether oxygens (including phenoxy) is 2. The van der Waals surface area contributed by atoms with Crippen molar-refractivity contribution >= 4 is 36.0 Å². The van der Waals surface area contributed by atoms with Crippen molar-refractivity contribution in [1.82, 2.24) is 0 Å². The van der Waals surface area contributed by atoms with Gasteiger partial charge >= 0.3 is 11.9 Å². The average molecular weight is 493 g/mol. The van der Waals surface area contributed by atoms with Crippen LogP contribution >= 0.6 is 7.92 Å². The lowest BCUT2D eigenvalue weighted by Crippen LogP contribution is -2.61. The minimum atomic E-state index is -1.94. The van der Waals surface area contributed by atoms with E-state index in [1.807, 2.05) is 0 Å². The van der Waals surface area contributed by atoms with E-state index in [4.69, 9.17) is 9.47 Å². The summed E-state index contributed by atoms with van der Waals surface area (Å²) in [6, 6.07) is 0. The zero-order valence-corrected chi connectivity index (χ0v) is 24.6. The van der Waals surface area contributed by atoms with Crippen LogP contribution in [0.15, 0.2) is 10.9 Å². The van der Waals surface area contributed by atoms with Crippen molar-refractivity contribution < 1.29 is 19.1 Å². The summed E-state index contributed by atoms with van der Waals surface area (Å²) in [7, 11) is -1.08. The van der Waals surface area contributed by atoms with E-state index >= 15 is 0 Å². The molecule has 9 atom stereocenters. The normalized spacial score (nSPS) is 45.9. The van der Waals surface area contributed by atoms with Gasteiger partial charge in [-0.15, -0.1) is 0 Å². The average Bonchev–Trinajstić information content (AvgIpc) is 3.13. The van der Waals surface area contributed by atoms with Crippen molar-refractivity contribution in [1.29, 1.82) is 0 Å². The summed E-state index contributed by atoms with van der Waals surface area (Å²) < 4.78 is 10.8. The highest BCUT2D eigenvalue weighted by Gasteiger charge is 2.97. The van der Waals surface area contributed by atoms with E-state index in [1.54, 1.807) is 0 Å². The summed E-state index contributed by atoms with van der Waals surface area (Å²) in [5, 5.41) is 0.808. The second kappa shape index (κ2) is 6.21. The molecule has 3 saturated carbocycles. The monoisotopic (exact) mass is 492 g/mol. The number of carbonyl (C=O) groups excluding carboxylic acids is 2. The molecule has 3 heterocycles. The molecule has 0 aromatic heterocycles. The molecule has 0 spiro atoms. The number of hydrogen-bond donors (Lipinski definition) is 0. The molecule has 9 unspecified atom stereocenters. The molecule has 0 radical (unpaired) electrons. The fraction of sp³-hybridized carbons (Fsp3) is 0.840. The third-order valence-corrected chi connectivity index (χ3v) is 21.1. The van der Waals surface area contributed by atoms with Crippen molar-refractivity contribution in [3.63, 3.8) is 0 Å². The van der Waals surface area contributed by atoms with Crippen molar-refractivity contribution in [2.24, 2.45) is 29.1 Å². The molecule has 0 aromatic carbocycles. The molecule has 3 aliphatic carbocycles. The first-order chi connectivity index (χ1) is 14.6. The predicted molar refractivity (Wildman–Crippen MR) is 136 cm³/mol. The molecule has 0 aromatic rings. The highest BCUT2D eigenvalue weighted by atomic mass is 31.1. The van der Waals surface area contributed by atoms with E-state index < -0.39 is 24.1 Å². The third kappa shape index (κ3) is 2.16. The Kier molecular flexibility index (Phi) is 4.52. The van der Waals surface area contributed by atoms with Gasteiger partial charge in [-0.25, -0.2) is 9.59 Å². The Morgan fingerprint density at radius 1 is 1.00 bits per heavy atom. The SMILES string of the molecule is COC(=O)C1=C(C(=O)OC)C2([Si](C)(C)C)C3C4C(CC4[Si](C)(C)C)C4C2C4(C(C)(C)C)P13. The summed E-state index contributed by atoms with van der Waals surface area (Å²) in [6.45, 7) is 22.1. The van der Waals surface area contributed by atoms with Gasteiger partial charge in [0.05, 0.1) is 33.2 Å². The standard InChI is InChI=1S/C25H41O4PSi2/c1-23(2,3)25-16-13-12-14(31(6,7)8)15(13)20-24(19(16)25,32(9,10)11)17(21(26)28-4)18(30(20)25)22(27)29-5/h13-16,19-20H,12H2,1-11H3. The fourth-order valence-electron chi connectivity index (χ4n) is 9.71. The summed E-state index contributed by atoms with van der Waals surface area (Å²) >= 11 is 0. The lowest BCUT2D eigenvalue weighted by atomic mass is 9.60. The Bertz CT molecular complexity index is 952. The molecule has 4 nitrogen and oxygen atoms in total. The number of rotatable bonds is 4. The number of hydrogen-bond acceptors (Lipinski definition) is 4. The Hall–Kier alpha value is -0.456. The highest BCUT2D eigenvalue weighted by molar-refractivity contribution is 7.68. The van der Waals surface area contributed by atoms with Crippen LogP contribution in [-0.2, 0) is 19.1 Å². The van der Waals surface area contributed by atoms with Gasteiger partial charge in [-0.3, -0.25) is 0 Å². The van der Waals surface area contributed by atoms with Crippen LogP contribution in [-0.4, -0.2) is 53.1 Å². The molecule has 6 aliphatic rings. The largest absolute Gasteiger partial charge is 0.466 e. The Morgan fingerprint density at radius 3 is 2.00 bits per heavy atom. The van der Waals surface area contributed by atoms with Gasteiger partial charge in [0, 0.05) is 18.3 Å². The first-order valence-corrected chi connectivity index (χ1v) is 20.8. The second-order valence-corrected chi connectivity index (χ2v) is 27.5. The topological polar surface area (TPSA) is 52.6 Å². The smallest absolute Gasteiger partial charge is 0.338 e. The van der Waals surface area contributed by atoms with Gasteiger partial charge in [-0.2, -0.15) is 0 Å². The Morgan fingerprint density at radius 2 is 1.56 bits per heavy atom. The van der Waals surface area contributed by atoms with E-state index in [-0.39, 0.29) is 27.5 Å². The first-order valence-electron chi connectivity index (χ1n) is 12.3. The van der Waals surface area contributed by atoms with Crippen molar-refractivity contribution in [3.8, 4) is 0 Å². The molecule has 0 amide bonds. The van der Waals surface area contributed by atoms with Crippen LogP contribution in [0.5, 0.6) is 0 Å². The fourth-order valence-corrected chi connectivity index (χ4v) is 23.0. The summed E-state index contributed by atoms with van der Waals surface area (Å²) in [5.74, 6) is 2.17. The molecule has 0 N–H and O–H groups in total. The molecule has 32 heavy (non-hydrogen) atoms. The summed E-state index contributed by atoms with van der Waals surface area (Å²) in [4.78, 5) is 27.0. The van der Waals surface area contributed by atoms with Crippen LogP contribution in [0.2, 0.25) is 49.9 Å². The van der Waals surface area contributed by atoms with Crippen LogP contribution in [0.25, 0.3) is 0 Å². The minimum absolute atomic E-state index is 0.115. The second-order valence-electron chi connectivity index (χ2n) is 14.2. The van der Waals surface area contributed by atoms with Crippen LogP contribution < -0.4 is 0 Å². The highest BCUT2D eigenvalue weighted by Crippen LogP contribution is 3.06. The number of carbonyl (C=O) groups is 2. The minimum Gasteiger partial charge on any atom is -0.466 e. The molecule has 5 fully saturated rings. The molecular weight excluding hydrogens is 451 g/mol. The Balaban J connectivity index is 1.83. The zero-order chi connectivity index (χ0) is 24.0. The van der Waals surface area contributed by atoms with E-state index in [2.05, 4.69) is 60.1 Å². The van der Waals surface area contributed by atoms with Gasteiger partial charge in [0.1, 0.15) is 0 Å². The molecule has 2 saturated heterocycles. The third-order valence-electron chi connectivity index (χ3n) is 10.4. The summed E-state index contributed by atoms with van der Waals surface area (Å²) in [5.41, 5.74) is 2.16. The van der Waals surface area contributed by atoms with Gasteiger partial charge in [0.25, 0.3) is 0 Å². The van der Waals surface area contributed by atoms with E-state index in [1.165, 1.54) is 20.6 Å². The Labute approximate surface area is 197 Å². The van der Waals surface area contributed by atoms with E-state index in [0.717, 1.165) is 22.3 Å². The molecule has 178 valence electrons. The van der Waals surface area contributed by atoms with Crippen LogP contribution in [0.4, 0.5) is 0 Å². The number of methoxy groups -OCH3 is 2. The van der Waals surface area contributed by atoms with Gasteiger partial charge in [0.2, 0.25) is 0 Å². The van der Waals surface area contributed by atoms with Crippen LogP contribution in [0.1, 0.15) is 27.2 Å². The summed E-state index contributed by atoms with van der Waals surface area (Å²) in [6.07, 6.45) is 1.38. The maximum absolute atomic E-state index is 13.5. The van der Waals surface area contributed by atoms with Crippen molar-refractivity contribution in [3.05, 3.63) is 10.9 Å². The lowest BCUT2D eigenvalue weighted by molar-refractivity contribution is -0.139. The van der Waals surface area contributed by atoms with Crippen LogP contribution in [0.3, 0.4) is 0 Å². The molecular formula is C25H41O4PSi2. The first kappa shape index (κ1) is 23.3. The van der Waals surface area contributed by atoms with Crippen LogP contribution in [0, 0.1) is 29.1 Å². The molecule has 3 aliphatic heterocycles. The zero-order valence-electron chi connectivity index (χ0n) is 21.8. The quantitative estimate of drug-likeness (QED) is 0.277. The van der Waals surface area contributed by atoms with Crippen molar-refractivity contribution in [2.45, 2.75) is 87.9 Å². The molecule has 7 heteroatoms. The van der Waals surface area contributed by atoms with Gasteiger partial charge < -0.3 is 9.47 Å². The predicted octanol–water partition coefficient (Wildman–Crippen LogP) is 5.93. The van der Waals surface area contributed by atoms with E-state index in [0.29, 0.717) is 23.4 Å². The number of esters is 2. The maximum atomic E-state index is 13.5. The van der Waals surface area contributed by atoms with Gasteiger partial charge in [-0.05, 0) is 46.7 Å². The maximum Gasteiger partial charge on any atom is 0.338 e.